The summed E-state index contributed by atoms with van der Waals surface area (Å²) in [5, 5.41) is 32.1. The third-order valence-electron chi connectivity index (χ3n) is 4.49. The molecule has 2 unspecified atom stereocenters. The summed E-state index contributed by atoms with van der Waals surface area (Å²) in [5.74, 6) is -7.70. The number of benzene rings is 1. The first-order valence-corrected chi connectivity index (χ1v) is 7.85. The smallest absolute Gasteiger partial charge is 0.244 e. The van der Waals surface area contributed by atoms with Crippen molar-refractivity contribution in [2.75, 3.05) is 21.3 Å². The van der Waals surface area contributed by atoms with E-state index in [0.717, 1.165) is 0 Å². The van der Waals surface area contributed by atoms with E-state index in [1.165, 1.54) is 21.3 Å². The van der Waals surface area contributed by atoms with E-state index < -0.39 is 29.7 Å². The van der Waals surface area contributed by atoms with Crippen LogP contribution >= 0.6 is 0 Å². The van der Waals surface area contributed by atoms with E-state index >= 15 is 0 Å². The maximum absolute atomic E-state index is 12.8. The van der Waals surface area contributed by atoms with Gasteiger partial charge in [-0.05, 0) is 0 Å². The second-order valence-corrected chi connectivity index (χ2v) is 6.02. The van der Waals surface area contributed by atoms with Gasteiger partial charge in [0.15, 0.2) is 11.5 Å². The van der Waals surface area contributed by atoms with Gasteiger partial charge in [-0.15, -0.1) is 0 Å². The van der Waals surface area contributed by atoms with E-state index in [0.29, 0.717) is 5.56 Å². The van der Waals surface area contributed by atoms with Crippen LogP contribution in [0, 0.1) is 5.92 Å². The molecule has 26 heavy (non-hydrogen) atoms. The third kappa shape index (κ3) is 2.54. The Hall–Kier alpha value is -2.55. The van der Waals surface area contributed by atoms with Crippen molar-refractivity contribution in [3.8, 4) is 0 Å². The van der Waals surface area contributed by atoms with Crippen LogP contribution in [0.15, 0.2) is 53.4 Å². The quantitative estimate of drug-likeness (QED) is 0.662. The zero-order valence-electron chi connectivity index (χ0n) is 14.6. The topological polar surface area (TPSA) is 115 Å². The molecule has 2 atom stereocenters. The molecule has 8 nitrogen and oxygen atoms in total. The number of aliphatic hydroxyl groups is 3. The molecule has 0 aromatic heterocycles. The zero-order chi connectivity index (χ0) is 19.1. The molecular weight excluding hydrogens is 344 g/mol. The van der Waals surface area contributed by atoms with Gasteiger partial charge in [0.05, 0.1) is 27.8 Å². The number of ether oxygens (including phenoxy) is 4. The summed E-state index contributed by atoms with van der Waals surface area (Å²) >= 11 is 0. The van der Waals surface area contributed by atoms with Crippen LogP contribution in [-0.2, 0) is 29.5 Å². The molecular formula is C18H20O8. The Kier molecular flexibility index (Phi) is 4.43. The van der Waals surface area contributed by atoms with Crippen LogP contribution in [0.5, 0.6) is 0 Å². The standard InChI is InChI=1S/C18H20O8/c1-23-14-13-12(18(21,22)16(25-3)15(14)24-2)11(19)9-17(20,26-13)10-7-5-4-6-8-10/h4-8,12,20-22H,9H2,1-3H3. The molecule has 3 N–H and O–H groups in total. The Labute approximate surface area is 149 Å². The predicted molar refractivity (Wildman–Crippen MR) is 86.8 cm³/mol. The summed E-state index contributed by atoms with van der Waals surface area (Å²) in [7, 11) is 3.79. The van der Waals surface area contributed by atoms with Crippen LogP contribution in [0.4, 0.5) is 0 Å². The number of hydrogen-bond acceptors (Lipinski definition) is 8. The molecule has 0 bridgehead atoms. The van der Waals surface area contributed by atoms with Gasteiger partial charge in [-0.2, -0.15) is 0 Å². The summed E-state index contributed by atoms with van der Waals surface area (Å²) in [6, 6.07) is 8.33. The molecule has 140 valence electrons. The molecule has 3 rings (SSSR count). The minimum atomic E-state index is -2.72. The van der Waals surface area contributed by atoms with Gasteiger partial charge >= 0.3 is 0 Å². The first kappa shape index (κ1) is 18.2. The van der Waals surface area contributed by atoms with Gasteiger partial charge in [0.2, 0.25) is 28.9 Å². The summed E-state index contributed by atoms with van der Waals surface area (Å²) in [4.78, 5) is 12.8. The molecule has 1 heterocycles. The van der Waals surface area contributed by atoms with Crippen molar-refractivity contribution < 1.29 is 39.1 Å². The third-order valence-corrected chi connectivity index (χ3v) is 4.49. The molecule has 0 amide bonds. The second kappa shape index (κ2) is 6.31. The first-order valence-electron chi connectivity index (χ1n) is 7.85. The summed E-state index contributed by atoms with van der Waals surface area (Å²) in [6.07, 6.45) is -0.482. The minimum absolute atomic E-state index is 0.0597. The molecule has 0 saturated carbocycles. The maximum atomic E-state index is 12.8. The van der Waals surface area contributed by atoms with E-state index in [1.54, 1.807) is 30.3 Å². The van der Waals surface area contributed by atoms with Gasteiger partial charge in [-0.1, -0.05) is 30.3 Å². The monoisotopic (exact) mass is 364 g/mol. The number of Topliss-reactive ketones (excluding diaryl/α,β-unsaturated/α-hetero) is 1. The molecule has 1 saturated heterocycles. The molecule has 2 aliphatic rings. The molecule has 1 aliphatic heterocycles. The van der Waals surface area contributed by atoms with Crippen molar-refractivity contribution in [3.63, 3.8) is 0 Å². The molecule has 1 aromatic rings. The van der Waals surface area contributed by atoms with Gasteiger partial charge in [0.25, 0.3) is 0 Å². The number of hydrogen-bond donors (Lipinski definition) is 3. The first-order chi connectivity index (χ1) is 12.3. The predicted octanol–water partition coefficient (Wildman–Crippen LogP) is 0.494. The van der Waals surface area contributed by atoms with E-state index in [9.17, 15) is 20.1 Å². The number of carbonyl (C=O) groups excluding carboxylic acids is 1. The zero-order valence-corrected chi connectivity index (χ0v) is 14.6. The van der Waals surface area contributed by atoms with Gasteiger partial charge in [-0.25, -0.2) is 0 Å². The Morgan fingerprint density at radius 3 is 2.15 bits per heavy atom. The van der Waals surface area contributed by atoms with Gasteiger partial charge in [0.1, 0.15) is 5.92 Å². The van der Waals surface area contributed by atoms with Crippen molar-refractivity contribution in [2.24, 2.45) is 5.92 Å². The Balaban J connectivity index is 2.20. The molecule has 1 fully saturated rings. The Bertz CT molecular complexity index is 780. The Morgan fingerprint density at radius 2 is 1.62 bits per heavy atom. The van der Waals surface area contributed by atoms with Gasteiger partial charge in [-0.3, -0.25) is 4.79 Å². The average Bonchev–Trinajstić information content (AvgIpc) is 2.61. The highest BCUT2D eigenvalue weighted by molar-refractivity contribution is 5.87. The lowest BCUT2D eigenvalue weighted by atomic mass is 9.79. The van der Waals surface area contributed by atoms with E-state index in [1.807, 2.05) is 0 Å². The van der Waals surface area contributed by atoms with Crippen molar-refractivity contribution in [3.05, 3.63) is 58.9 Å². The SMILES string of the molecule is COC1=C2OC(O)(c3ccccc3)CC(=O)C2C(O)(O)C(OC)=C1OC. The number of carbonyl (C=O) groups is 1. The Morgan fingerprint density at radius 1 is 1.00 bits per heavy atom. The van der Waals surface area contributed by atoms with Crippen molar-refractivity contribution in [2.45, 2.75) is 18.0 Å². The highest BCUT2D eigenvalue weighted by Gasteiger charge is 2.60. The largest absolute Gasteiger partial charge is 0.492 e. The lowest BCUT2D eigenvalue weighted by Gasteiger charge is -2.44. The summed E-state index contributed by atoms with van der Waals surface area (Å²) in [6.45, 7) is 0. The minimum Gasteiger partial charge on any atom is -0.492 e. The number of fused-ring (bicyclic) bond motifs is 1. The lowest BCUT2D eigenvalue weighted by molar-refractivity contribution is -0.253. The number of rotatable bonds is 4. The van der Waals surface area contributed by atoms with E-state index in [-0.39, 0.29) is 23.0 Å². The van der Waals surface area contributed by atoms with Crippen LogP contribution in [0.25, 0.3) is 0 Å². The van der Waals surface area contributed by atoms with Crippen molar-refractivity contribution >= 4 is 5.78 Å². The maximum Gasteiger partial charge on any atom is 0.244 e. The average molecular weight is 364 g/mol. The number of ketones is 1. The van der Waals surface area contributed by atoms with Gasteiger partial charge in [0, 0.05) is 5.56 Å². The molecule has 1 aromatic carbocycles. The fraction of sp³-hybridized carbons (Fsp3) is 0.389. The normalized spacial score (nSPS) is 27.6. The summed E-state index contributed by atoms with van der Waals surface area (Å²) in [5.41, 5.74) is 0.344. The van der Waals surface area contributed by atoms with Crippen molar-refractivity contribution in [1.82, 2.24) is 0 Å². The molecule has 0 radical (unpaired) electrons. The van der Waals surface area contributed by atoms with E-state index in [4.69, 9.17) is 18.9 Å². The molecule has 8 heteroatoms. The van der Waals surface area contributed by atoms with Crippen LogP contribution in [0.3, 0.4) is 0 Å². The van der Waals surface area contributed by atoms with Crippen LogP contribution in [0.2, 0.25) is 0 Å². The highest BCUT2D eigenvalue weighted by Crippen LogP contribution is 2.49. The molecule has 1 aliphatic carbocycles. The van der Waals surface area contributed by atoms with Gasteiger partial charge < -0.3 is 34.3 Å². The van der Waals surface area contributed by atoms with Crippen LogP contribution in [0.1, 0.15) is 12.0 Å². The number of methoxy groups -OCH3 is 3. The van der Waals surface area contributed by atoms with Crippen LogP contribution in [-0.4, -0.2) is 48.2 Å². The van der Waals surface area contributed by atoms with Crippen molar-refractivity contribution in [1.29, 1.82) is 0 Å². The molecule has 0 spiro atoms. The highest BCUT2D eigenvalue weighted by atomic mass is 16.6. The lowest BCUT2D eigenvalue weighted by Crippen LogP contribution is -2.55. The second-order valence-electron chi connectivity index (χ2n) is 6.02. The van der Waals surface area contributed by atoms with Crippen LogP contribution < -0.4 is 0 Å². The van der Waals surface area contributed by atoms with E-state index in [2.05, 4.69) is 0 Å². The fourth-order valence-corrected chi connectivity index (χ4v) is 3.34. The fourth-order valence-electron chi connectivity index (χ4n) is 3.34. The summed E-state index contributed by atoms with van der Waals surface area (Å²) < 4.78 is 21.2.